The Morgan fingerprint density at radius 2 is 1.64 bits per heavy atom. The van der Waals surface area contributed by atoms with E-state index in [1.807, 2.05) is 67.6 Å². The summed E-state index contributed by atoms with van der Waals surface area (Å²) < 4.78 is 0. The summed E-state index contributed by atoms with van der Waals surface area (Å²) in [5.74, 6) is -0.580. The van der Waals surface area contributed by atoms with Crippen LogP contribution in [0.15, 0.2) is 78.9 Å². The van der Waals surface area contributed by atoms with Crippen LogP contribution in [0.2, 0.25) is 0 Å². The number of rotatable bonds is 13. The number of nitrogens with zero attached hydrogens (tertiary/aromatic N) is 1. The Morgan fingerprint density at radius 3 is 2.32 bits per heavy atom. The maximum atomic E-state index is 14.1. The highest BCUT2D eigenvalue weighted by Gasteiger charge is 2.45. The second-order valence-electron chi connectivity index (χ2n) is 12.9. The molecule has 0 spiro atoms. The number of carbonyl (C=O) groups excluding carboxylic acids is 2. The van der Waals surface area contributed by atoms with Crippen molar-refractivity contribution in [3.8, 4) is 11.5 Å². The zero-order valence-corrected chi connectivity index (χ0v) is 25.7. The monoisotopic (exact) mass is 598 g/mol. The zero-order valence-electron chi connectivity index (χ0n) is 25.7. The molecule has 5 rings (SSSR count). The predicted molar refractivity (Wildman–Crippen MR) is 171 cm³/mol. The van der Waals surface area contributed by atoms with Crippen LogP contribution < -0.4 is 5.32 Å². The van der Waals surface area contributed by atoms with Crippen molar-refractivity contribution in [1.29, 1.82) is 0 Å². The second-order valence-corrected chi connectivity index (χ2v) is 12.9. The highest BCUT2D eigenvalue weighted by Crippen LogP contribution is 2.42. The number of hydrogen-bond donors (Lipinski definition) is 4. The average molecular weight is 599 g/mol. The van der Waals surface area contributed by atoms with Gasteiger partial charge in [0.1, 0.15) is 0 Å². The molecule has 0 aromatic heterocycles. The van der Waals surface area contributed by atoms with Gasteiger partial charge < -0.3 is 20.6 Å². The largest absolute Gasteiger partial charge is 0.504 e. The summed E-state index contributed by atoms with van der Waals surface area (Å²) in [4.78, 5) is 29.6. The molecule has 7 heteroatoms. The van der Waals surface area contributed by atoms with E-state index in [2.05, 4.69) is 5.32 Å². The van der Waals surface area contributed by atoms with E-state index in [1.54, 1.807) is 12.1 Å². The molecule has 0 heterocycles. The van der Waals surface area contributed by atoms with Crippen LogP contribution in [0.3, 0.4) is 0 Å². The molecule has 4 N–H and O–H groups in total. The first kappa shape index (κ1) is 31.7. The molecular weight excluding hydrogens is 552 g/mol. The molecule has 3 aromatic rings. The highest BCUT2D eigenvalue weighted by molar-refractivity contribution is 5.99. The summed E-state index contributed by atoms with van der Waals surface area (Å²) in [6, 6.07) is 23.6. The highest BCUT2D eigenvalue weighted by atomic mass is 16.3. The van der Waals surface area contributed by atoms with Gasteiger partial charge >= 0.3 is 0 Å². The molecule has 0 aliphatic heterocycles. The van der Waals surface area contributed by atoms with Crippen LogP contribution in [0.25, 0.3) is 0 Å². The number of benzene rings is 3. The van der Waals surface area contributed by atoms with Crippen LogP contribution in [0.5, 0.6) is 11.5 Å². The van der Waals surface area contributed by atoms with Gasteiger partial charge in [-0.1, -0.05) is 66.7 Å². The molecule has 2 aliphatic carbocycles. The number of imide groups is 1. The predicted octanol–water partition coefficient (Wildman–Crippen LogP) is 5.72. The van der Waals surface area contributed by atoms with Crippen LogP contribution in [0, 0.1) is 11.8 Å². The SMILES string of the molecule is CC(C(=O)N(C(=O)Cc1ccccc1)C1CCC(O)(CCc2ccc(O)c(O)c2)C(CCNCC2CC2)C1)c1ccccc1. The number of nitrogens with one attached hydrogen (secondary N) is 1. The van der Waals surface area contributed by atoms with Gasteiger partial charge in [0, 0.05) is 6.04 Å². The van der Waals surface area contributed by atoms with E-state index in [-0.39, 0.29) is 41.7 Å². The van der Waals surface area contributed by atoms with E-state index in [0.29, 0.717) is 32.1 Å². The van der Waals surface area contributed by atoms with E-state index >= 15 is 0 Å². The summed E-state index contributed by atoms with van der Waals surface area (Å²) in [6.45, 7) is 3.62. The van der Waals surface area contributed by atoms with Crippen LogP contribution in [0.1, 0.15) is 74.5 Å². The lowest BCUT2D eigenvalue weighted by Gasteiger charge is -2.46. The first-order valence-electron chi connectivity index (χ1n) is 16.1. The quantitative estimate of drug-likeness (QED) is 0.148. The van der Waals surface area contributed by atoms with Crippen molar-refractivity contribution in [2.45, 2.75) is 82.3 Å². The molecule has 4 atom stereocenters. The van der Waals surface area contributed by atoms with Gasteiger partial charge in [0.2, 0.25) is 11.8 Å². The molecule has 234 valence electrons. The first-order chi connectivity index (χ1) is 21.2. The van der Waals surface area contributed by atoms with E-state index in [9.17, 15) is 24.9 Å². The topological polar surface area (TPSA) is 110 Å². The number of phenols is 2. The first-order valence-corrected chi connectivity index (χ1v) is 16.1. The van der Waals surface area contributed by atoms with Crippen LogP contribution in [-0.2, 0) is 22.4 Å². The lowest BCUT2D eigenvalue weighted by Crippen LogP contribution is -2.54. The van der Waals surface area contributed by atoms with Gasteiger partial charge in [-0.25, -0.2) is 0 Å². The number of aromatic hydroxyl groups is 2. The van der Waals surface area contributed by atoms with E-state index in [1.165, 1.54) is 23.8 Å². The Kier molecular flexibility index (Phi) is 10.4. The van der Waals surface area contributed by atoms with E-state index < -0.39 is 11.5 Å². The Hall–Kier alpha value is -3.68. The minimum atomic E-state index is -0.979. The van der Waals surface area contributed by atoms with Crippen molar-refractivity contribution < 1.29 is 24.9 Å². The lowest BCUT2D eigenvalue weighted by atomic mass is 9.69. The van der Waals surface area contributed by atoms with Crippen molar-refractivity contribution in [1.82, 2.24) is 10.2 Å². The third kappa shape index (κ3) is 8.07. The molecule has 3 aromatic carbocycles. The molecule has 0 radical (unpaired) electrons. The maximum absolute atomic E-state index is 14.1. The molecule has 2 saturated carbocycles. The second kappa shape index (κ2) is 14.4. The summed E-state index contributed by atoms with van der Waals surface area (Å²) in [7, 11) is 0. The van der Waals surface area contributed by atoms with Gasteiger partial charge in [-0.05, 0) is 112 Å². The standard InChI is InChI=1S/C37H46N2O5/c1-26(30-10-6-3-7-11-30)36(43)39(35(42)23-27-8-4-2-5-9-27)32-17-20-37(44,19-16-28-14-15-33(40)34(41)22-28)31(24-32)18-21-38-25-29-12-13-29/h2-11,14-15,22,26,29,31-32,38,40-41,44H,12-13,16-21,23-25H2,1H3. The van der Waals surface area contributed by atoms with Gasteiger partial charge in [-0.3, -0.25) is 14.5 Å². The van der Waals surface area contributed by atoms with Crippen molar-refractivity contribution in [2.75, 3.05) is 13.1 Å². The molecular formula is C37H46N2O5. The smallest absolute Gasteiger partial charge is 0.236 e. The Morgan fingerprint density at radius 1 is 0.932 bits per heavy atom. The van der Waals surface area contributed by atoms with Crippen LogP contribution >= 0.6 is 0 Å². The summed E-state index contributed by atoms with van der Waals surface area (Å²) in [6.07, 6.45) is 5.98. The fourth-order valence-electron chi connectivity index (χ4n) is 6.68. The zero-order chi connectivity index (χ0) is 31.1. The number of phenolic OH excluding ortho intramolecular Hbond substituents is 2. The van der Waals surface area contributed by atoms with Gasteiger partial charge in [0.25, 0.3) is 0 Å². The van der Waals surface area contributed by atoms with Gasteiger partial charge in [-0.2, -0.15) is 0 Å². The minimum absolute atomic E-state index is 0.120. The number of hydrogen-bond acceptors (Lipinski definition) is 6. The number of carbonyl (C=O) groups is 2. The van der Waals surface area contributed by atoms with Crippen molar-refractivity contribution in [2.24, 2.45) is 11.8 Å². The fraction of sp³-hybridized carbons (Fsp3) is 0.459. The summed E-state index contributed by atoms with van der Waals surface area (Å²) >= 11 is 0. The molecule has 2 aliphatic rings. The van der Waals surface area contributed by atoms with Crippen LogP contribution in [-0.4, -0.2) is 56.8 Å². The van der Waals surface area contributed by atoms with Gasteiger partial charge in [0.05, 0.1) is 17.9 Å². The van der Waals surface area contributed by atoms with Crippen molar-refractivity contribution >= 4 is 11.8 Å². The third-order valence-electron chi connectivity index (χ3n) is 9.65. The van der Waals surface area contributed by atoms with Gasteiger partial charge in [0.15, 0.2) is 11.5 Å². The summed E-state index contributed by atoms with van der Waals surface area (Å²) in [5.41, 5.74) is 1.61. The molecule has 44 heavy (non-hydrogen) atoms. The van der Waals surface area contributed by atoms with Crippen LogP contribution in [0.4, 0.5) is 0 Å². The van der Waals surface area contributed by atoms with Gasteiger partial charge in [-0.15, -0.1) is 0 Å². The molecule has 2 amide bonds. The normalized spacial score (nSPS) is 22.3. The van der Waals surface area contributed by atoms with Crippen molar-refractivity contribution in [3.63, 3.8) is 0 Å². The molecule has 4 unspecified atom stereocenters. The van der Waals surface area contributed by atoms with E-state index in [0.717, 1.165) is 42.1 Å². The minimum Gasteiger partial charge on any atom is -0.504 e. The van der Waals surface area contributed by atoms with E-state index in [4.69, 9.17) is 0 Å². The third-order valence-corrected chi connectivity index (χ3v) is 9.65. The Labute approximate surface area is 260 Å². The average Bonchev–Trinajstić information content (AvgIpc) is 3.86. The molecule has 0 bridgehead atoms. The maximum Gasteiger partial charge on any atom is 0.236 e. The molecule has 7 nitrogen and oxygen atoms in total. The fourth-order valence-corrected chi connectivity index (χ4v) is 6.68. The van der Waals surface area contributed by atoms with Crippen molar-refractivity contribution in [3.05, 3.63) is 95.6 Å². The molecule has 2 fully saturated rings. The molecule has 0 saturated heterocycles. The Bertz CT molecular complexity index is 1390. The lowest BCUT2D eigenvalue weighted by molar-refractivity contribution is -0.153. The number of aliphatic hydroxyl groups is 1. The number of amides is 2. The number of aryl methyl sites for hydroxylation is 1. The summed E-state index contributed by atoms with van der Waals surface area (Å²) in [5, 5.41) is 35.4. The Balaban J connectivity index is 1.36.